The Bertz CT molecular complexity index is 619. The number of halogens is 1. The minimum atomic E-state index is -0.361. The molecule has 0 heterocycles. The van der Waals surface area contributed by atoms with Crippen molar-refractivity contribution in [2.75, 3.05) is 5.73 Å². The number of thioether (sulfide) groups is 1. The van der Waals surface area contributed by atoms with Gasteiger partial charge in [-0.15, -0.1) is 11.8 Å². The Kier molecular flexibility index (Phi) is 4.44. The molecular weight excluding hydrogens is 328 g/mol. The summed E-state index contributed by atoms with van der Waals surface area (Å²) in [6.07, 6.45) is 0. The highest BCUT2D eigenvalue weighted by Crippen LogP contribution is 2.30. The maximum absolute atomic E-state index is 11.0. The standard InChI is InChI=1S/C13H11BrN2O2S/c14-10-5-4-9(13(6-10)16(17)18)8-19-12-3-1-2-11(15)7-12/h1-7H,8,15H2. The van der Waals surface area contributed by atoms with Crippen molar-refractivity contribution in [1.82, 2.24) is 0 Å². The van der Waals surface area contributed by atoms with E-state index in [-0.39, 0.29) is 10.6 Å². The fourth-order valence-electron chi connectivity index (χ4n) is 1.59. The second kappa shape index (κ2) is 6.08. The highest BCUT2D eigenvalue weighted by atomic mass is 79.9. The van der Waals surface area contributed by atoms with E-state index in [0.717, 1.165) is 4.90 Å². The zero-order valence-electron chi connectivity index (χ0n) is 9.88. The van der Waals surface area contributed by atoms with Crippen LogP contribution in [0.2, 0.25) is 0 Å². The highest BCUT2D eigenvalue weighted by molar-refractivity contribution is 9.10. The van der Waals surface area contributed by atoms with Gasteiger partial charge in [-0.05, 0) is 24.3 Å². The molecule has 0 aliphatic heterocycles. The van der Waals surface area contributed by atoms with Gasteiger partial charge in [0.2, 0.25) is 0 Å². The van der Waals surface area contributed by atoms with E-state index < -0.39 is 0 Å². The molecule has 2 aromatic rings. The Morgan fingerprint density at radius 3 is 2.74 bits per heavy atom. The molecule has 2 rings (SSSR count). The molecule has 19 heavy (non-hydrogen) atoms. The molecule has 0 aliphatic carbocycles. The fourth-order valence-corrected chi connectivity index (χ4v) is 2.90. The number of hydrogen-bond donors (Lipinski definition) is 1. The van der Waals surface area contributed by atoms with Gasteiger partial charge in [-0.25, -0.2) is 0 Å². The fraction of sp³-hybridized carbons (Fsp3) is 0.0769. The third-order valence-electron chi connectivity index (χ3n) is 2.50. The molecule has 98 valence electrons. The van der Waals surface area contributed by atoms with Gasteiger partial charge < -0.3 is 5.73 Å². The molecule has 0 spiro atoms. The molecule has 6 heteroatoms. The van der Waals surface area contributed by atoms with E-state index in [4.69, 9.17) is 5.73 Å². The topological polar surface area (TPSA) is 69.2 Å². The number of hydrogen-bond acceptors (Lipinski definition) is 4. The van der Waals surface area contributed by atoms with Crippen LogP contribution in [0.4, 0.5) is 11.4 Å². The quantitative estimate of drug-likeness (QED) is 0.392. The summed E-state index contributed by atoms with van der Waals surface area (Å²) < 4.78 is 0.705. The lowest BCUT2D eigenvalue weighted by atomic mass is 10.2. The van der Waals surface area contributed by atoms with Crippen LogP contribution in [0.5, 0.6) is 0 Å². The molecule has 0 aliphatic rings. The normalized spacial score (nSPS) is 10.4. The Hall–Kier alpha value is -1.53. The molecule has 0 bridgehead atoms. The first-order chi connectivity index (χ1) is 9.06. The molecule has 0 saturated carbocycles. The smallest absolute Gasteiger partial charge is 0.274 e. The van der Waals surface area contributed by atoms with Crippen molar-refractivity contribution in [3.63, 3.8) is 0 Å². The van der Waals surface area contributed by atoms with E-state index >= 15 is 0 Å². The van der Waals surface area contributed by atoms with Gasteiger partial charge in [0, 0.05) is 32.4 Å². The zero-order valence-corrected chi connectivity index (χ0v) is 12.3. The predicted octanol–water partition coefficient (Wildman–Crippen LogP) is 4.23. The average Bonchev–Trinajstić information content (AvgIpc) is 2.37. The number of benzene rings is 2. The zero-order chi connectivity index (χ0) is 13.8. The molecule has 0 atom stereocenters. The van der Waals surface area contributed by atoms with Crippen LogP contribution in [0.15, 0.2) is 51.8 Å². The van der Waals surface area contributed by atoms with E-state index in [0.29, 0.717) is 21.5 Å². The van der Waals surface area contributed by atoms with Gasteiger partial charge in [0.15, 0.2) is 0 Å². The largest absolute Gasteiger partial charge is 0.399 e. The molecule has 0 fully saturated rings. The van der Waals surface area contributed by atoms with Gasteiger partial charge in [-0.3, -0.25) is 10.1 Å². The average molecular weight is 339 g/mol. The second-order valence-electron chi connectivity index (χ2n) is 3.89. The minimum Gasteiger partial charge on any atom is -0.399 e. The predicted molar refractivity (Wildman–Crippen MR) is 81.2 cm³/mol. The van der Waals surface area contributed by atoms with Crippen molar-refractivity contribution in [2.45, 2.75) is 10.6 Å². The van der Waals surface area contributed by atoms with Gasteiger partial charge >= 0.3 is 0 Å². The van der Waals surface area contributed by atoms with Gasteiger partial charge in [0.25, 0.3) is 5.69 Å². The lowest BCUT2D eigenvalue weighted by Gasteiger charge is -2.04. The molecular formula is C13H11BrN2O2S. The van der Waals surface area contributed by atoms with Crippen molar-refractivity contribution < 1.29 is 4.92 Å². The lowest BCUT2D eigenvalue weighted by Crippen LogP contribution is -1.94. The number of nitrogens with two attached hydrogens (primary N) is 1. The van der Waals surface area contributed by atoms with Crippen molar-refractivity contribution in [3.8, 4) is 0 Å². The molecule has 2 aromatic carbocycles. The summed E-state index contributed by atoms with van der Waals surface area (Å²) in [6, 6.07) is 12.6. The van der Waals surface area contributed by atoms with Crippen LogP contribution >= 0.6 is 27.7 Å². The van der Waals surface area contributed by atoms with E-state index in [1.807, 2.05) is 30.3 Å². The van der Waals surface area contributed by atoms with Crippen molar-refractivity contribution in [3.05, 3.63) is 62.6 Å². The Morgan fingerprint density at radius 1 is 1.26 bits per heavy atom. The summed E-state index contributed by atoms with van der Waals surface area (Å²) >= 11 is 4.77. The number of anilines is 1. The van der Waals surface area contributed by atoms with E-state index in [2.05, 4.69) is 15.9 Å². The number of nitro groups is 1. The van der Waals surface area contributed by atoms with Crippen LogP contribution in [-0.4, -0.2) is 4.92 Å². The van der Waals surface area contributed by atoms with Gasteiger partial charge in [-0.1, -0.05) is 28.1 Å². The first kappa shape index (κ1) is 13.9. The summed E-state index contributed by atoms with van der Waals surface area (Å²) in [5.41, 5.74) is 7.21. The number of nitrogen functional groups attached to an aromatic ring is 1. The van der Waals surface area contributed by atoms with Gasteiger partial charge in [0.05, 0.1) is 4.92 Å². The molecule has 2 N–H and O–H groups in total. The van der Waals surface area contributed by atoms with Crippen molar-refractivity contribution in [1.29, 1.82) is 0 Å². The summed E-state index contributed by atoms with van der Waals surface area (Å²) in [5, 5.41) is 11.0. The first-order valence-corrected chi connectivity index (χ1v) is 7.25. The molecule has 4 nitrogen and oxygen atoms in total. The number of nitrogens with zero attached hydrogens (tertiary/aromatic N) is 1. The maximum Gasteiger partial charge on any atom is 0.274 e. The molecule has 0 amide bonds. The lowest BCUT2D eigenvalue weighted by molar-refractivity contribution is -0.385. The second-order valence-corrected chi connectivity index (χ2v) is 5.86. The third-order valence-corrected chi connectivity index (χ3v) is 4.03. The monoisotopic (exact) mass is 338 g/mol. The van der Waals surface area contributed by atoms with Crippen LogP contribution in [0.1, 0.15) is 5.56 Å². The highest BCUT2D eigenvalue weighted by Gasteiger charge is 2.14. The number of nitro benzene ring substituents is 1. The number of rotatable bonds is 4. The minimum absolute atomic E-state index is 0.130. The van der Waals surface area contributed by atoms with Gasteiger partial charge in [0.1, 0.15) is 0 Å². The Labute approximate surface area is 123 Å². The van der Waals surface area contributed by atoms with Gasteiger partial charge in [-0.2, -0.15) is 0 Å². The van der Waals surface area contributed by atoms with E-state index in [1.54, 1.807) is 6.07 Å². The summed E-state index contributed by atoms with van der Waals surface area (Å²) in [6.45, 7) is 0. The van der Waals surface area contributed by atoms with E-state index in [9.17, 15) is 10.1 Å². The van der Waals surface area contributed by atoms with E-state index in [1.165, 1.54) is 17.8 Å². The van der Waals surface area contributed by atoms with Crippen LogP contribution in [0.25, 0.3) is 0 Å². The first-order valence-electron chi connectivity index (χ1n) is 5.47. The molecule has 0 saturated heterocycles. The van der Waals surface area contributed by atoms with Crippen LogP contribution in [0.3, 0.4) is 0 Å². The third kappa shape index (κ3) is 3.71. The summed E-state index contributed by atoms with van der Waals surface area (Å²) in [4.78, 5) is 11.6. The molecule has 0 radical (unpaired) electrons. The van der Waals surface area contributed by atoms with Crippen LogP contribution in [-0.2, 0) is 5.75 Å². The van der Waals surface area contributed by atoms with Crippen LogP contribution < -0.4 is 5.73 Å². The molecule has 0 unspecified atom stereocenters. The maximum atomic E-state index is 11.0. The van der Waals surface area contributed by atoms with Crippen LogP contribution in [0, 0.1) is 10.1 Å². The summed E-state index contributed by atoms with van der Waals surface area (Å²) in [5.74, 6) is 0.535. The summed E-state index contributed by atoms with van der Waals surface area (Å²) in [7, 11) is 0. The molecule has 0 aromatic heterocycles. The van der Waals surface area contributed by atoms with Crippen molar-refractivity contribution in [2.24, 2.45) is 0 Å². The Balaban J connectivity index is 2.17. The van der Waals surface area contributed by atoms with Crippen molar-refractivity contribution >= 4 is 39.1 Å². The SMILES string of the molecule is Nc1cccc(SCc2ccc(Br)cc2[N+](=O)[O-])c1. The Morgan fingerprint density at radius 2 is 2.05 bits per heavy atom.